The van der Waals surface area contributed by atoms with Crippen molar-refractivity contribution in [1.29, 1.82) is 0 Å². The van der Waals surface area contributed by atoms with Gasteiger partial charge in [0.15, 0.2) is 0 Å². The molecule has 0 radical (unpaired) electrons. The van der Waals surface area contributed by atoms with Crippen molar-refractivity contribution in [2.75, 3.05) is 51.0 Å². The first-order valence-electron chi connectivity index (χ1n) is 9.70. The molecule has 6 heteroatoms. The van der Waals surface area contributed by atoms with Gasteiger partial charge in [0.2, 0.25) is 5.91 Å². The number of hydrogen-bond donors (Lipinski definition) is 1. The van der Waals surface area contributed by atoms with E-state index in [0.717, 1.165) is 37.6 Å². The second-order valence-electron chi connectivity index (χ2n) is 6.69. The second-order valence-corrected chi connectivity index (χ2v) is 6.69. The molecule has 0 spiro atoms. The molecule has 28 heavy (non-hydrogen) atoms. The average Bonchev–Trinajstić information content (AvgIpc) is 2.75. The maximum absolute atomic E-state index is 12.1. The minimum atomic E-state index is -0.135. The van der Waals surface area contributed by atoms with Gasteiger partial charge < -0.3 is 24.4 Å². The molecular weight excluding hydrogens is 356 g/mol. The molecule has 0 aliphatic carbocycles. The summed E-state index contributed by atoms with van der Waals surface area (Å²) >= 11 is 0. The van der Waals surface area contributed by atoms with E-state index in [0.29, 0.717) is 13.2 Å². The van der Waals surface area contributed by atoms with Crippen molar-refractivity contribution in [3.05, 3.63) is 60.2 Å². The molecule has 0 saturated carbocycles. The Bertz CT molecular complexity index is 715. The Morgan fingerprint density at radius 1 is 1.07 bits per heavy atom. The predicted molar refractivity (Wildman–Crippen MR) is 109 cm³/mol. The Balaban J connectivity index is 1.35. The average molecular weight is 384 g/mol. The van der Waals surface area contributed by atoms with Crippen molar-refractivity contribution >= 4 is 11.6 Å². The zero-order chi connectivity index (χ0) is 19.6. The van der Waals surface area contributed by atoms with Crippen LogP contribution in [0, 0.1) is 0 Å². The standard InChI is InChI=1S/C22H28N2O4/c1-18(19-7-9-20(10-8-19)24-11-13-26-14-12-24)23-22(25)17-27-15-16-28-21-5-3-2-4-6-21/h2-10,18H,11-17H2,1H3,(H,23,25). The Kier molecular flexibility index (Phi) is 7.70. The first-order valence-corrected chi connectivity index (χ1v) is 9.70. The van der Waals surface area contributed by atoms with Crippen LogP contribution in [0.4, 0.5) is 5.69 Å². The highest BCUT2D eigenvalue weighted by Gasteiger charge is 2.13. The fraction of sp³-hybridized carbons (Fsp3) is 0.409. The molecule has 6 nitrogen and oxygen atoms in total. The van der Waals surface area contributed by atoms with Crippen molar-refractivity contribution in [3.63, 3.8) is 0 Å². The van der Waals surface area contributed by atoms with Gasteiger partial charge >= 0.3 is 0 Å². The third-order valence-electron chi connectivity index (χ3n) is 4.62. The number of amides is 1. The highest BCUT2D eigenvalue weighted by molar-refractivity contribution is 5.77. The normalized spacial score (nSPS) is 15.1. The summed E-state index contributed by atoms with van der Waals surface area (Å²) in [5.74, 6) is 0.661. The van der Waals surface area contributed by atoms with Crippen LogP contribution in [0.15, 0.2) is 54.6 Å². The summed E-state index contributed by atoms with van der Waals surface area (Å²) in [5.41, 5.74) is 2.25. The molecule has 2 aromatic carbocycles. The van der Waals surface area contributed by atoms with Gasteiger partial charge in [-0.15, -0.1) is 0 Å². The highest BCUT2D eigenvalue weighted by atomic mass is 16.5. The zero-order valence-electron chi connectivity index (χ0n) is 16.3. The van der Waals surface area contributed by atoms with E-state index in [1.807, 2.05) is 37.3 Å². The Labute approximate surface area is 166 Å². The maximum atomic E-state index is 12.1. The SMILES string of the molecule is CC(NC(=O)COCCOc1ccccc1)c1ccc(N2CCOCC2)cc1. The number of hydrogen-bond acceptors (Lipinski definition) is 5. The molecule has 2 aromatic rings. The number of nitrogens with one attached hydrogen (secondary N) is 1. The lowest BCUT2D eigenvalue weighted by Crippen LogP contribution is -2.36. The molecule has 0 bridgehead atoms. The Morgan fingerprint density at radius 2 is 1.79 bits per heavy atom. The van der Waals surface area contributed by atoms with Crippen molar-refractivity contribution in [2.45, 2.75) is 13.0 Å². The third kappa shape index (κ3) is 6.25. The number of nitrogens with zero attached hydrogens (tertiary/aromatic N) is 1. The summed E-state index contributed by atoms with van der Waals surface area (Å²) in [5, 5.41) is 2.97. The number of carbonyl (C=O) groups is 1. The van der Waals surface area contributed by atoms with Crippen LogP contribution in [-0.2, 0) is 14.3 Å². The predicted octanol–water partition coefficient (Wildman–Crippen LogP) is 2.80. The van der Waals surface area contributed by atoms with E-state index in [2.05, 4.69) is 34.5 Å². The molecule has 1 aliphatic rings. The van der Waals surface area contributed by atoms with Crippen molar-refractivity contribution < 1.29 is 19.0 Å². The molecule has 1 N–H and O–H groups in total. The summed E-state index contributed by atoms with van der Waals surface area (Å²) in [6.45, 7) is 6.14. The smallest absolute Gasteiger partial charge is 0.246 e. The van der Waals surface area contributed by atoms with Crippen LogP contribution < -0.4 is 15.0 Å². The lowest BCUT2D eigenvalue weighted by molar-refractivity contribution is -0.126. The largest absolute Gasteiger partial charge is 0.491 e. The molecule has 1 atom stereocenters. The molecular formula is C22H28N2O4. The molecule has 3 rings (SSSR count). The second kappa shape index (κ2) is 10.7. The Hall–Kier alpha value is -2.57. The van der Waals surface area contributed by atoms with E-state index in [9.17, 15) is 4.79 Å². The highest BCUT2D eigenvalue weighted by Crippen LogP contribution is 2.20. The van der Waals surface area contributed by atoms with Crippen LogP contribution in [0.3, 0.4) is 0 Å². The van der Waals surface area contributed by atoms with E-state index < -0.39 is 0 Å². The fourth-order valence-electron chi connectivity index (χ4n) is 3.06. The Morgan fingerprint density at radius 3 is 2.50 bits per heavy atom. The van der Waals surface area contributed by atoms with E-state index in [1.165, 1.54) is 5.69 Å². The number of morpholine rings is 1. The topological polar surface area (TPSA) is 60.0 Å². The summed E-state index contributed by atoms with van der Waals surface area (Å²) < 4.78 is 16.3. The van der Waals surface area contributed by atoms with Crippen LogP contribution in [0.25, 0.3) is 0 Å². The van der Waals surface area contributed by atoms with E-state index in [1.54, 1.807) is 0 Å². The first kappa shape index (κ1) is 20.2. The molecule has 150 valence electrons. The van der Waals surface area contributed by atoms with Crippen molar-refractivity contribution in [2.24, 2.45) is 0 Å². The molecule has 1 unspecified atom stereocenters. The summed E-state index contributed by atoms with van der Waals surface area (Å²) in [6, 6.07) is 17.8. The van der Waals surface area contributed by atoms with E-state index >= 15 is 0 Å². The minimum absolute atomic E-state index is 0.0222. The van der Waals surface area contributed by atoms with Crippen LogP contribution >= 0.6 is 0 Å². The molecule has 1 saturated heterocycles. The van der Waals surface area contributed by atoms with Gasteiger partial charge in [0, 0.05) is 18.8 Å². The summed E-state index contributed by atoms with van der Waals surface area (Å²) in [4.78, 5) is 14.4. The number of anilines is 1. The van der Waals surface area contributed by atoms with Gasteiger partial charge in [-0.2, -0.15) is 0 Å². The fourth-order valence-corrected chi connectivity index (χ4v) is 3.06. The van der Waals surface area contributed by atoms with E-state index in [4.69, 9.17) is 14.2 Å². The van der Waals surface area contributed by atoms with Gasteiger partial charge in [0.05, 0.1) is 25.9 Å². The van der Waals surface area contributed by atoms with Crippen LogP contribution in [-0.4, -0.2) is 52.0 Å². The van der Waals surface area contributed by atoms with Crippen molar-refractivity contribution in [3.8, 4) is 5.75 Å². The molecule has 1 fully saturated rings. The van der Waals surface area contributed by atoms with E-state index in [-0.39, 0.29) is 18.6 Å². The van der Waals surface area contributed by atoms with Gasteiger partial charge in [-0.1, -0.05) is 30.3 Å². The number of para-hydroxylation sites is 1. The van der Waals surface area contributed by atoms with Gasteiger partial charge in [0.25, 0.3) is 0 Å². The molecule has 1 heterocycles. The lowest BCUT2D eigenvalue weighted by atomic mass is 10.1. The van der Waals surface area contributed by atoms with Gasteiger partial charge in [0.1, 0.15) is 19.0 Å². The molecule has 1 aliphatic heterocycles. The van der Waals surface area contributed by atoms with Gasteiger partial charge in [-0.3, -0.25) is 4.79 Å². The van der Waals surface area contributed by atoms with Gasteiger partial charge in [-0.25, -0.2) is 0 Å². The summed E-state index contributed by atoms with van der Waals surface area (Å²) in [7, 11) is 0. The first-order chi connectivity index (χ1) is 13.7. The maximum Gasteiger partial charge on any atom is 0.246 e. The number of benzene rings is 2. The number of rotatable bonds is 9. The van der Waals surface area contributed by atoms with Crippen LogP contribution in [0.1, 0.15) is 18.5 Å². The monoisotopic (exact) mass is 384 g/mol. The third-order valence-corrected chi connectivity index (χ3v) is 4.62. The van der Waals surface area contributed by atoms with Crippen LogP contribution in [0.2, 0.25) is 0 Å². The molecule has 1 amide bonds. The number of carbonyl (C=O) groups excluding carboxylic acids is 1. The quantitative estimate of drug-likeness (QED) is 0.674. The minimum Gasteiger partial charge on any atom is -0.491 e. The zero-order valence-corrected chi connectivity index (χ0v) is 16.3. The van der Waals surface area contributed by atoms with Crippen molar-refractivity contribution in [1.82, 2.24) is 5.32 Å². The molecule has 0 aromatic heterocycles. The van der Waals surface area contributed by atoms with Gasteiger partial charge in [-0.05, 0) is 36.8 Å². The van der Waals surface area contributed by atoms with Crippen LogP contribution in [0.5, 0.6) is 5.75 Å². The number of ether oxygens (including phenoxy) is 3. The summed E-state index contributed by atoms with van der Waals surface area (Å²) in [6.07, 6.45) is 0. The lowest BCUT2D eigenvalue weighted by Gasteiger charge is -2.29.